The van der Waals surface area contributed by atoms with Crippen molar-refractivity contribution in [3.8, 4) is 0 Å². The second-order valence-corrected chi connectivity index (χ2v) is 6.39. The Kier molecular flexibility index (Phi) is 6.28. The molecule has 1 atom stereocenters. The first-order valence-electron chi connectivity index (χ1n) is 8.25. The Morgan fingerprint density at radius 1 is 1.38 bits per heavy atom. The van der Waals surface area contributed by atoms with E-state index in [1.165, 1.54) is 13.0 Å². The second kappa shape index (κ2) is 8.21. The topological polar surface area (TPSA) is 84.7 Å². The number of nitrogens with one attached hydrogen (secondary N) is 1. The van der Waals surface area contributed by atoms with Crippen molar-refractivity contribution in [2.75, 3.05) is 38.2 Å². The molecule has 1 aromatic carbocycles. The van der Waals surface area contributed by atoms with Gasteiger partial charge in [0, 0.05) is 37.3 Å². The Labute approximate surface area is 142 Å². The minimum absolute atomic E-state index is 0.0628. The van der Waals surface area contributed by atoms with Crippen molar-refractivity contribution in [2.24, 2.45) is 5.92 Å². The maximum Gasteiger partial charge on any atom is 0.293 e. The number of anilines is 1. The summed E-state index contributed by atoms with van der Waals surface area (Å²) < 4.78 is 5.40. The molecule has 7 nitrogen and oxygen atoms in total. The van der Waals surface area contributed by atoms with Gasteiger partial charge in [-0.05, 0) is 25.0 Å². The molecular weight excluding hydrogens is 310 g/mol. The number of hydrogen-bond acceptors (Lipinski definition) is 6. The highest BCUT2D eigenvalue weighted by Crippen LogP contribution is 2.26. The van der Waals surface area contributed by atoms with Gasteiger partial charge in [0.1, 0.15) is 5.69 Å². The molecule has 1 fully saturated rings. The summed E-state index contributed by atoms with van der Waals surface area (Å²) in [5.41, 5.74) is 0.733. The smallest absolute Gasteiger partial charge is 0.293 e. The number of Topliss-reactive ketones (excluding diaryl/α,β-unsaturated/α-hetero) is 1. The van der Waals surface area contributed by atoms with Crippen molar-refractivity contribution in [2.45, 2.75) is 26.8 Å². The Bertz CT molecular complexity index is 597. The van der Waals surface area contributed by atoms with Crippen LogP contribution in [0.5, 0.6) is 0 Å². The van der Waals surface area contributed by atoms with Crippen LogP contribution >= 0.6 is 0 Å². The summed E-state index contributed by atoms with van der Waals surface area (Å²) in [7, 11) is 0. The van der Waals surface area contributed by atoms with E-state index in [2.05, 4.69) is 24.1 Å². The van der Waals surface area contributed by atoms with E-state index >= 15 is 0 Å². The van der Waals surface area contributed by atoms with Crippen molar-refractivity contribution >= 4 is 17.2 Å². The van der Waals surface area contributed by atoms with Crippen LogP contribution in [0.3, 0.4) is 0 Å². The van der Waals surface area contributed by atoms with Gasteiger partial charge in [-0.25, -0.2) is 0 Å². The van der Waals surface area contributed by atoms with E-state index in [1.54, 1.807) is 12.1 Å². The van der Waals surface area contributed by atoms with Gasteiger partial charge < -0.3 is 10.1 Å². The third kappa shape index (κ3) is 4.52. The number of benzene rings is 1. The molecule has 1 heterocycles. The first kappa shape index (κ1) is 18.4. The molecule has 0 radical (unpaired) electrons. The molecule has 1 N–H and O–H groups in total. The average Bonchev–Trinajstić information content (AvgIpc) is 2.55. The number of nitro groups is 1. The molecule has 1 aliphatic rings. The van der Waals surface area contributed by atoms with Crippen molar-refractivity contribution < 1.29 is 14.5 Å². The van der Waals surface area contributed by atoms with Crippen molar-refractivity contribution in [1.82, 2.24) is 4.90 Å². The van der Waals surface area contributed by atoms with Crippen LogP contribution < -0.4 is 5.32 Å². The van der Waals surface area contributed by atoms with Crippen molar-refractivity contribution in [3.63, 3.8) is 0 Å². The fourth-order valence-electron chi connectivity index (χ4n) is 2.96. The van der Waals surface area contributed by atoms with Gasteiger partial charge in [0.2, 0.25) is 0 Å². The lowest BCUT2D eigenvalue weighted by atomic mass is 10.0. The Balaban J connectivity index is 2.13. The molecule has 0 unspecified atom stereocenters. The van der Waals surface area contributed by atoms with Crippen molar-refractivity contribution in [1.29, 1.82) is 0 Å². The van der Waals surface area contributed by atoms with E-state index in [-0.39, 0.29) is 17.5 Å². The fourth-order valence-corrected chi connectivity index (χ4v) is 2.96. The summed E-state index contributed by atoms with van der Waals surface area (Å²) in [6.07, 6.45) is 0. The highest BCUT2D eigenvalue weighted by molar-refractivity contribution is 5.95. The van der Waals surface area contributed by atoms with Gasteiger partial charge in [0.25, 0.3) is 5.69 Å². The predicted molar refractivity (Wildman–Crippen MR) is 92.6 cm³/mol. The minimum Gasteiger partial charge on any atom is -0.379 e. The molecule has 132 valence electrons. The normalized spacial score (nSPS) is 16.8. The van der Waals surface area contributed by atoms with Crippen LogP contribution in [0.25, 0.3) is 0 Å². The minimum atomic E-state index is -0.451. The van der Waals surface area contributed by atoms with Gasteiger partial charge in [-0.1, -0.05) is 13.8 Å². The molecule has 24 heavy (non-hydrogen) atoms. The zero-order chi connectivity index (χ0) is 17.7. The number of carbonyl (C=O) groups is 1. The molecular formula is C17H25N3O4. The number of morpholine rings is 1. The Morgan fingerprint density at radius 2 is 2.04 bits per heavy atom. The van der Waals surface area contributed by atoms with E-state index in [0.717, 1.165) is 26.3 Å². The second-order valence-electron chi connectivity index (χ2n) is 6.39. The molecule has 7 heteroatoms. The predicted octanol–water partition coefficient (Wildman–Crippen LogP) is 2.57. The maximum atomic E-state index is 11.4. The first-order valence-corrected chi connectivity index (χ1v) is 8.25. The molecule has 0 saturated carbocycles. The molecule has 0 spiro atoms. The summed E-state index contributed by atoms with van der Waals surface area (Å²) >= 11 is 0. The van der Waals surface area contributed by atoms with Gasteiger partial charge in [0.05, 0.1) is 18.1 Å². The van der Waals surface area contributed by atoms with E-state index in [9.17, 15) is 14.9 Å². The maximum absolute atomic E-state index is 11.4. The first-order chi connectivity index (χ1) is 11.4. The van der Waals surface area contributed by atoms with Gasteiger partial charge in [-0.15, -0.1) is 0 Å². The van der Waals surface area contributed by atoms with Crippen LogP contribution in [-0.4, -0.2) is 54.5 Å². The third-order valence-corrected chi connectivity index (χ3v) is 4.39. The van der Waals surface area contributed by atoms with Gasteiger partial charge in [0.15, 0.2) is 5.78 Å². The molecule has 0 aromatic heterocycles. The Hall–Kier alpha value is -1.99. The van der Waals surface area contributed by atoms with Crippen LogP contribution in [0.2, 0.25) is 0 Å². The summed E-state index contributed by atoms with van der Waals surface area (Å²) in [6, 6.07) is 4.84. The lowest BCUT2D eigenvalue weighted by Gasteiger charge is -2.37. The number of ether oxygens (including phenoxy) is 1. The average molecular weight is 335 g/mol. The molecule has 1 saturated heterocycles. The highest BCUT2D eigenvalue weighted by Gasteiger charge is 2.25. The highest BCUT2D eigenvalue weighted by atomic mass is 16.6. The van der Waals surface area contributed by atoms with Gasteiger partial charge >= 0.3 is 0 Å². The van der Waals surface area contributed by atoms with Crippen LogP contribution in [-0.2, 0) is 4.74 Å². The number of carbonyl (C=O) groups excluding carboxylic acids is 1. The summed E-state index contributed by atoms with van der Waals surface area (Å²) in [5.74, 6) is 0.226. The zero-order valence-electron chi connectivity index (χ0n) is 14.4. The number of nitro benzene ring substituents is 1. The van der Waals surface area contributed by atoms with Crippen LogP contribution in [0.1, 0.15) is 31.1 Å². The van der Waals surface area contributed by atoms with E-state index in [0.29, 0.717) is 23.7 Å². The largest absolute Gasteiger partial charge is 0.379 e. The molecule has 0 amide bonds. The molecule has 0 aliphatic carbocycles. The lowest BCUT2D eigenvalue weighted by Crippen LogP contribution is -2.49. The fraction of sp³-hybridized carbons (Fsp3) is 0.588. The summed E-state index contributed by atoms with van der Waals surface area (Å²) in [4.78, 5) is 24.6. The van der Waals surface area contributed by atoms with Crippen LogP contribution in [0, 0.1) is 16.0 Å². The third-order valence-electron chi connectivity index (χ3n) is 4.39. The van der Waals surface area contributed by atoms with E-state index in [4.69, 9.17) is 4.74 Å². The van der Waals surface area contributed by atoms with Crippen LogP contribution in [0.4, 0.5) is 11.4 Å². The standard InChI is InChI=1S/C17H25N3O4/c1-12(2)17(19-6-8-24-9-7-19)11-18-15-5-4-14(13(3)21)10-16(15)20(22)23/h4-5,10,12,17-18H,6-9,11H2,1-3H3/t17-/m0/s1. The van der Waals surface area contributed by atoms with Gasteiger partial charge in [-0.2, -0.15) is 0 Å². The monoisotopic (exact) mass is 335 g/mol. The quantitative estimate of drug-likeness (QED) is 0.468. The molecule has 2 rings (SSSR count). The molecule has 1 aliphatic heterocycles. The van der Waals surface area contributed by atoms with Crippen LogP contribution in [0.15, 0.2) is 18.2 Å². The van der Waals surface area contributed by atoms with E-state index < -0.39 is 4.92 Å². The Morgan fingerprint density at radius 3 is 2.58 bits per heavy atom. The van der Waals surface area contributed by atoms with Crippen molar-refractivity contribution in [3.05, 3.63) is 33.9 Å². The molecule has 1 aromatic rings. The number of rotatable bonds is 7. The molecule has 0 bridgehead atoms. The summed E-state index contributed by atoms with van der Waals surface area (Å²) in [5, 5.41) is 14.5. The number of nitrogens with zero attached hydrogens (tertiary/aromatic N) is 2. The zero-order valence-corrected chi connectivity index (χ0v) is 14.4. The number of ketones is 1. The lowest BCUT2D eigenvalue weighted by molar-refractivity contribution is -0.384. The van der Waals surface area contributed by atoms with Gasteiger partial charge in [-0.3, -0.25) is 19.8 Å². The van der Waals surface area contributed by atoms with E-state index in [1.807, 2.05) is 0 Å². The summed E-state index contributed by atoms with van der Waals surface area (Å²) in [6.45, 7) is 9.49. The number of hydrogen-bond donors (Lipinski definition) is 1. The SMILES string of the molecule is CC(=O)c1ccc(NC[C@@H](C(C)C)N2CCOCC2)c([N+](=O)[O-])c1.